The molecular formula is C14H19BrFN. The number of halogens is 2. The normalized spacial score (nSPS) is 13.8. The average molecular weight is 300 g/mol. The Balaban J connectivity index is 2.79. The number of hydrogen-bond donors (Lipinski definition) is 1. The van der Waals surface area contributed by atoms with Crippen LogP contribution < -0.4 is 5.32 Å². The van der Waals surface area contributed by atoms with E-state index in [4.69, 9.17) is 0 Å². The quantitative estimate of drug-likeness (QED) is 0.851. The van der Waals surface area contributed by atoms with E-state index in [2.05, 4.69) is 35.1 Å². The van der Waals surface area contributed by atoms with Gasteiger partial charge in [0.1, 0.15) is 5.82 Å². The first-order valence-electron chi connectivity index (χ1n) is 5.91. The highest BCUT2D eigenvalue weighted by Gasteiger charge is 2.05. The van der Waals surface area contributed by atoms with Crippen LogP contribution in [-0.2, 0) is 0 Å². The van der Waals surface area contributed by atoms with E-state index in [1.54, 1.807) is 6.07 Å². The van der Waals surface area contributed by atoms with Crippen LogP contribution in [0.5, 0.6) is 0 Å². The summed E-state index contributed by atoms with van der Waals surface area (Å²) in [5, 5.41) is 3.38. The summed E-state index contributed by atoms with van der Waals surface area (Å²) in [7, 11) is 0. The topological polar surface area (TPSA) is 12.0 Å². The second-order valence-electron chi connectivity index (χ2n) is 4.23. The summed E-state index contributed by atoms with van der Waals surface area (Å²) in [5.74, 6) is -0.193. The molecule has 0 aliphatic rings. The van der Waals surface area contributed by atoms with Crippen LogP contribution in [0.3, 0.4) is 0 Å². The van der Waals surface area contributed by atoms with E-state index in [-0.39, 0.29) is 11.9 Å². The molecule has 0 aliphatic heterocycles. The molecule has 0 amide bonds. The molecule has 1 aromatic rings. The lowest BCUT2D eigenvalue weighted by atomic mass is 10.1. The van der Waals surface area contributed by atoms with Gasteiger partial charge in [0, 0.05) is 16.1 Å². The molecule has 1 aromatic carbocycles. The Bertz CT molecular complexity index is 401. The zero-order chi connectivity index (χ0) is 12.8. The molecule has 0 aliphatic carbocycles. The molecule has 1 N–H and O–H groups in total. The lowest BCUT2D eigenvalue weighted by Crippen LogP contribution is -2.27. The van der Waals surface area contributed by atoms with Gasteiger partial charge >= 0.3 is 0 Å². The van der Waals surface area contributed by atoms with Gasteiger partial charge in [-0.15, -0.1) is 0 Å². The van der Waals surface area contributed by atoms with Crippen LogP contribution in [-0.4, -0.2) is 12.6 Å². The summed E-state index contributed by atoms with van der Waals surface area (Å²) in [5.41, 5.74) is 1.77. The predicted molar refractivity (Wildman–Crippen MR) is 75.5 cm³/mol. The lowest BCUT2D eigenvalue weighted by Gasteiger charge is -2.14. The minimum absolute atomic E-state index is 0.193. The fourth-order valence-corrected chi connectivity index (χ4v) is 1.84. The van der Waals surface area contributed by atoms with Gasteiger partial charge in [-0.05, 0) is 38.9 Å². The van der Waals surface area contributed by atoms with Crippen molar-refractivity contribution in [2.45, 2.75) is 33.2 Å². The zero-order valence-corrected chi connectivity index (χ0v) is 12.1. The fraction of sp³-hybridized carbons (Fsp3) is 0.429. The van der Waals surface area contributed by atoms with E-state index in [0.717, 1.165) is 23.0 Å². The second-order valence-corrected chi connectivity index (χ2v) is 5.15. The fourth-order valence-electron chi connectivity index (χ4n) is 1.51. The smallest absolute Gasteiger partial charge is 0.131 e. The standard InChI is InChI=1S/C14H19BrFN/c1-4-7-17-11(3)10(2)8-12-5-6-13(15)9-14(12)16/h5-6,8-9,11,17H,4,7H2,1-3H3/b10-8+. The maximum absolute atomic E-state index is 13.6. The second kappa shape index (κ2) is 6.92. The van der Waals surface area contributed by atoms with Crippen molar-refractivity contribution in [2.24, 2.45) is 0 Å². The lowest BCUT2D eigenvalue weighted by molar-refractivity contribution is 0.602. The Morgan fingerprint density at radius 2 is 2.24 bits per heavy atom. The van der Waals surface area contributed by atoms with Gasteiger partial charge in [-0.25, -0.2) is 4.39 Å². The predicted octanol–water partition coefficient (Wildman–Crippen LogP) is 4.38. The summed E-state index contributed by atoms with van der Waals surface area (Å²) in [4.78, 5) is 0. The third-order valence-corrected chi connectivity index (χ3v) is 3.22. The molecule has 0 heterocycles. The van der Waals surface area contributed by atoms with Gasteiger partial charge in [0.15, 0.2) is 0 Å². The van der Waals surface area contributed by atoms with Crippen molar-refractivity contribution in [3.63, 3.8) is 0 Å². The van der Waals surface area contributed by atoms with Gasteiger partial charge in [0.05, 0.1) is 0 Å². The monoisotopic (exact) mass is 299 g/mol. The average Bonchev–Trinajstić information content (AvgIpc) is 2.29. The van der Waals surface area contributed by atoms with E-state index in [1.807, 2.05) is 19.1 Å². The minimum atomic E-state index is -0.193. The van der Waals surface area contributed by atoms with Gasteiger partial charge < -0.3 is 5.32 Å². The van der Waals surface area contributed by atoms with Gasteiger partial charge in [-0.1, -0.05) is 40.6 Å². The third-order valence-electron chi connectivity index (χ3n) is 2.73. The van der Waals surface area contributed by atoms with Crippen LogP contribution in [0.15, 0.2) is 28.2 Å². The van der Waals surface area contributed by atoms with Gasteiger partial charge in [0.2, 0.25) is 0 Å². The largest absolute Gasteiger partial charge is 0.311 e. The molecule has 0 bridgehead atoms. The van der Waals surface area contributed by atoms with Crippen molar-refractivity contribution < 1.29 is 4.39 Å². The molecule has 0 radical (unpaired) electrons. The van der Waals surface area contributed by atoms with E-state index in [9.17, 15) is 4.39 Å². The van der Waals surface area contributed by atoms with Crippen LogP contribution in [0.4, 0.5) is 4.39 Å². The zero-order valence-electron chi connectivity index (χ0n) is 10.6. The Morgan fingerprint density at radius 3 is 2.82 bits per heavy atom. The Kier molecular flexibility index (Phi) is 5.86. The van der Waals surface area contributed by atoms with Gasteiger partial charge in [-0.2, -0.15) is 0 Å². The molecule has 1 unspecified atom stereocenters. The number of nitrogens with one attached hydrogen (secondary N) is 1. The number of hydrogen-bond acceptors (Lipinski definition) is 1. The van der Waals surface area contributed by atoms with Crippen LogP contribution in [0.1, 0.15) is 32.8 Å². The molecule has 17 heavy (non-hydrogen) atoms. The van der Waals surface area contributed by atoms with Crippen LogP contribution in [0.2, 0.25) is 0 Å². The molecule has 1 rings (SSSR count). The Labute approximate surface area is 111 Å². The molecule has 0 spiro atoms. The molecule has 1 atom stereocenters. The summed E-state index contributed by atoms with van der Waals surface area (Å²) < 4.78 is 14.4. The molecular weight excluding hydrogens is 281 g/mol. The maximum atomic E-state index is 13.6. The number of benzene rings is 1. The van der Waals surface area contributed by atoms with Crippen molar-refractivity contribution in [1.82, 2.24) is 5.32 Å². The molecule has 94 valence electrons. The maximum Gasteiger partial charge on any atom is 0.131 e. The van der Waals surface area contributed by atoms with Crippen molar-refractivity contribution in [3.8, 4) is 0 Å². The molecule has 3 heteroatoms. The van der Waals surface area contributed by atoms with Crippen LogP contribution >= 0.6 is 15.9 Å². The highest BCUT2D eigenvalue weighted by atomic mass is 79.9. The molecule has 0 saturated carbocycles. The molecule has 0 fully saturated rings. The van der Waals surface area contributed by atoms with E-state index in [1.165, 1.54) is 6.07 Å². The summed E-state index contributed by atoms with van der Waals surface area (Å²) in [6.07, 6.45) is 3.00. The van der Waals surface area contributed by atoms with Crippen molar-refractivity contribution in [2.75, 3.05) is 6.54 Å². The first-order chi connectivity index (χ1) is 8.04. The van der Waals surface area contributed by atoms with Crippen LogP contribution in [0.25, 0.3) is 6.08 Å². The summed E-state index contributed by atoms with van der Waals surface area (Å²) in [6.45, 7) is 7.23. The van der Waals surface area contributed by atoms with Gasteiger partial charge in [-0.3, -0.25) is 0 Å². The SMILES string of the molecule is CCCNC(C)/C(C)=C/c1ccc(Br)cc1F. The summed E-state index contributed by atoms with van der Waals surface area (Å²) >= 11 is 3.25. The summed E-state index contributed by atoms with van der Waals surface area (Å²) in [6, 6.07) is 5.41. The van der Waals surface area contributed by atoms with Crippen molar-refractivity contribution in [1.29, 1.82) is 0 Å². The highest BCUT2D eigenvalue weighted by molar-refractivity contribution is 9.10. The van der Waals surface area contributed by atoms with Gasteiger partial charge in [0.25, 0.3) is 0 Å². The Morgan fingerprint density at radius 1 is 1.53 bits per heavy atom. The van der Waals surface area contributed by atoms with E-state index in [0.29, 0.717) is 5.56 Å². The van der Waals surface area contributed by atoms with Crippen LogP contribution in [0, 0.1) is 5.82 Å². The first kappa shape index (κ1) is 14.4. The molecule has 0 saturated heterocycles. The number of rotatable bonds is 5. The highest BCUT2D eigenvalue weighted by Crippen LogP contribution is 2.18. The van der Waals surface area contributed by atoms with Crippen molar-refractivity contribution >= 4 is 22.0 Å². The molecule has 0 aromatic heterocycles. The van der Waals surface area contributed by atoms with Crippen molar-refractivity contribution in [3.05, 3.63) is 39.6 Å². The molecule has 1 nitrogen and oxygen atoms in total. The third kappa shape index (κ3) is 4.60. The minimum Gasteiger partial charge on any atom is -0.311 e. The van der Waals surface area contributed by atoms with E-state index >= 15 is 0 Å². The first-order valence-corrected chi connectivity index (χ1v) is 6.70. The Hall–Kier alpha value is -0.670. The van der Waals surface area contributed by atoms with E-state index < -0.39 is 0 Å².